The van der Waals surface area contributed by atoms with Gasteiger partial charge in [0.25, 0.3) is 5.91 Å². The zero-order valence-electron chi connectivity index (χ0n) is 13.1. The summed E-state index contributed by atoms with van der Waals surface area (Å²) >= 11 is 1.61. The third-order valence-electron chi connectivity index (χ3n) is 3.96. The fourth-order valence-electron chi connectivity index (χ4n) is 2.80. The fourth-order valence-corrected chi connectivity index (χ4v) is 3.85. The number of thiazole rings is 1. The minimum atomic E-state index is -0.0744. The minimum absolute atomic E-state index is 0.0744. The molecule has 116 valence electrons. The molecule has 1 N–H and O–H groups in total. The summed E-state index contributed by atoms with van der Waals surface area (Å²) in [5.74, 6) is -0.0744. The molecule has 1 aromatic heterocycles. The maximum absolute atomic E-state index is 12.4. The van der Waals surface area contributed by atoms with Crippen LogP contribution in [0.25, 0.3) is 0 Å². The Balaban J connectivity index is 1.72. The standard InChI is InChI=1S/C17H21N3OS/c1-3-9-20-10-8-14-15(11-20)22-17(18-14)19-16(21)13-7-5-4-6-12(13)2/h4-7H,3,8-11H2,1-2H3,(H,18,19,21). The molecule has 1 amide bonds. The molecule has 0 spiro atoms. The van der Waals surface area contributed by atoms with Crippen LogP contribution in [-0.2, 0) is 13.0 Å². The number of rotatable bonds is 4. The molecule has 0 atom stereocenters. The molecule has 2 heterocycles. The van der Waals surface area contributed by atoms with Crippen molar-refractivity contribution in [1.29, 1.82) is 0 Å². The Morgan fingerprint density at radius 1 is 1.41 bits per heavy atom. The predicted molar refractivity (Wildman–Crippen MR) is 90.5 cm³/mol. The van der Waals surface area contributed by atoms with E-state index in [1.54, 1.807) is 11.3 Å². The van der Waals surface area contributed by atoms with Crippen molar-refractivity contribution < 1.29 is 4.79 Å². The number of nitrogens with zero attached hydrogens (tertiary/aromatic N) is 2. The van der Waals surface area contributed by atoms with Gasteiger partial charge < -0.3 is 0 Å². The fraction of sp³-hybridized carbons (Fsp3) is 0.412. The molecule has 0 radical (unpaired) electrons. The number of anilines is 1. The van der Waals surface area contributed by atoms with E-state index in [2.05, 4.69) is 22.1 Å². The Hall–Kier alpha value is -1.72. The van der Waals surface area contributed by atoms with Gasteiger partial charge in [-0.1, -0.05) is 25.1 Å². The average Bonchev–Trinajstić information content (AvgIpc) is 2.89. The number of benzene rings is 1. The lowest BCUT2D eigenvalue weighted by Gasteiger charge is -2.24. The van der Waals surface area contributed by atoms with Crippen molar-refractivity contribution in [1.82, 2.24) is 9.88 Å². The van der Waals surface area contributed by atoms with E-state index in [1.165, 1.54) is 11.3 Å². The van der Waals surface area contributed by atoms with Gasteiger partial charge in [-0.25, -0.2) is 4.98 Å². The largest absolute Gasteiger partial charge is 0.298 e. The maximum Gasteiger partial charge on any atom is 0.257 e. The van der Waals surface area contributed by atoms with Crippen LogP contribution in [0.1, 0.15) is 39.8 Å². The Bertz CT molecular complexity index is 680. The lowest BCUT2D eigenvalue weighted by molar-refractivity contribution is 0.102. The summed E-state index contributed by atoms with van der Waals surface area (Å²) in [6.45, 7) is 7.31. The van der Waals surface area contributed by atoms with Crippen LogP contribution < -0.4 is 5.32 Å². The van der Waals surface area contributed by atoms with Crippen LogP contribution in [0.3, 0.4) is 0 Å². The van der Waals surface area contributed by atoms with Crippen LogP contribution in [0.5, 0.6) is 0 Å². The summed E-state index contributed by atoms with van der Waals surface area (Å²) in [4.78, 5) is 20.7. The molecule has 22 heavy (non-hydrogen) atoms. The molecular formula is C17H21N3OS. The van der Waals surface area contributed by atoms with Gasteiger partial charge in [0.2, 0.25) is 0 Å². The molecule has 1 aliphatic heterocycles. The molecule has 0 fully saturated rings. The number of fused-ring (bicyclic) bond motifs is 1. The highest BCUT2D eigenvalue weighted by molar-refractivity contribution is 7.15. The van der Waals surface area contributed by atoms with E-state index in [-0.39, 0.29) is 5.91 Å². The Morgan fingerprint density at radius 2 is 2.23 bits per heavy atom. The molecule has 2 aromatic rings. The van der Waals surface area contributed by atoms with Gasteiger partial charge in [0.05, 0.1) is 5.69 Å². The van der Waals surface area contributed by atoms with E-state index in [1.807, 2.05) is 31.2 Å². The van der Waals surface area contributed by atoms with Crippen molar-refractivity contribution >= 4 is 22.4 Å². The van der Waals surface area contributed by atoms with Crippen molar-refractivity contribution in [3.8, 4) is 0 Å². The molecule has 1 aliphatic rings. The number of hydrogen-bond acceptors (Lipinski definition) is 4. The van der Waals surface area contributed by atoms with Gasteiger partial charge in [-0.15, -0.1) is 11.3 Å². The summed E-state index contributed by atoms with van der Waals surface area (Å²) in [5, 5.41) is 3.67. The van der Waals surface area contributed by atoms with Crippen molar-refractivity contribution in [3.63, 3.8) is 0 Å². The monoisotopic (exact) mass is 315 g/mol. The summed E-state index contributed by atoms with van der Waals surface area (Å²) in [6, 6.07) is 7.62. The van der Waals surface area contributed by atoms with E-state index < -0.39 is 0 Å². The quantitative estimate of drug-likeness (QED) is 0.939. The van der Waals surface area contributed by atoms with Crippen LogP contribution in [0, 0.1) is 6.92 Å². The number of hydrogen-bond donors (Lipinski definition) is 1. The molecule has 0 saturated heterocycles. The molecule has 1 aromatic carbocycles. The van der Waals surface area contributed by atoms with E-state index in [0.717, 1.165) is 42.4 Å². The third kappa shape index (κ3) is 3.20. The lowest BCUT2D eigenvalue weighted by atomic mass is 10.1. The number of aromatic nitrogens is 1. The summed E-state index contributed by atoms with van der Waals surface area (Å²) in [5.41, 5.74) is 2.84. The Morgan fingerprint density at radius 3 is 3.00 bits per heavy atom. The Kier molecular flexibility index (Phi) is 4.55. The third-order valence-corrected chi connectivity index (χ3v) is 4.96. The maximum atomic E-state index is 12.4. The topological polar surface area (TPSA) is 45.2 Å². The number of nitrogens with one attached hydrogen (secondary N) is 1. The van der Waals surface area contributed by atoms with Crippen LogP contribution in [0.15, 0.2) is 24.3 Å². The first kappa shape index (κ1) is 15.2. The zero-order valence-corrected chi connectivity index (χ0v) is 13.9. The van der Waals surface area contributed by atoms with Crippen molar-refractivity contribution in [2.24, 2.45) is 0 Å². The van der Waals surface area contributed by atoms with Gasteiger partial charge in [0, 0.05) is 30.0 Å². The molecule has 0 unspecified atom stereocenters. The highest BCUT2D eigenvalue weighted by Gasteiger charge is 2.21. The van der Waals surface area contributed by atoms with Crippen LogP contribution in [0.2, 0.25) is 0 Å². The molecular weight excluding hydrogens is 294 g/mol. The minimum Gasteiger partial charge on any atom is -0.298 e. The number of carbonyl (C=O) groups is 1. The van der Waals surface area contributed by atoms with Crippen molar-refractivity contribution in [3.05, 3.63) is 46.0 Å². The second kappa shape index (κ2) is 6.58. The van der Waals surface area contributed by atoms with E-state index in [0.29, 0.717) is 5.56 Å². The summed E-state index contributed by atoms with van der Waals surface area (Å²) in [6.07, 6.45) is 2.15. The second-order valence-corrected chi connectivity index (χ2v) is 6.77. The summed E-state index contributed by atoms with van der Waals surface area (Å²) < 4.78 is 0. The molecule has 5 heteroatoms. The molecule has 0 aliphatic carbocycles. The molecule has 3 rings (SSSR count). The average molecular weight is 315 g/mol. The van der Waals surface area contributed by atoms with Gasteiger partial charge in [-0.2, -0.15) is 0 Å². The lowest BCUT2D eigenvalue weighted by Crippen LogP contribution is -2.30. The van der Waals surface area contributed by atoms with Gasteiger partial charge in [-0.3, -0.25) is 15.0 Å². The van der Waals surface area contributed by atoms with Crippen LogP contribution in [-0.4, -0.2) is 28.9 Å². The first-order valence-electron chi connectivity index (χ1n) is 7.75. The van der Waals surface area contributed by atoms with Crippen molar-refractivity contribution in [2.75, 3.05) is 18.4 Å². The summed E-state index contributed by atoms with van der Waals surface area (Å²) in [7, 11) is 0. The second-order valence-electron chi connectivity index (χ2n) is 5.68. The van der Waals surface area contributed by atoms with E-state index in [4.69, 9.17) is 0 Å². The van der Waals surface area contributed by atoms with Gasteiger partial charge in [-0.05, 0) is 31.5 Å². The zero-order chi connectivity index (χ0) is 15.5. The van der Waals surface area contributed by atoms with Crippen molar-refractivity contribution in [2.45, 2.75) is 33.2 Å². The number of aryl methyl sites for hydroxylation is 1. The predicted octanol–water partition coefficient (Wildman–Crippen LogP) is 3.47. The van der Waals surface area contributed by atoms with Crippen LogP contribution in [0.4, 0.5) is 5.13 Å². The molecule has 0 bridgehead atoms. The van der Waals surface area contributed by atoms with E-state index >= 15 is 0 Å². The first-order chi connectivity index (χ1) is 10.7. The highest BCUT2D eigenvalue weighted by atomic mass is 32.1. The van der Waals surface area contributed by atoms with Gasteiger partial charge >= 0.3 is 0 Å². The highest BCUT2D eigenvalue weighted by Crippen LogP contribution is 2.28. The Labute approximate surface area is 135 Å². The normalized spacial score (nSPS) is 14.6. The van der Waals surface area contributed by atoms with Gasteiger partial charge in [0.1, 0.15) is 0 Å². The van der Waals surface area contributed by atoms with Crippen LogP contribution >= 0.6 is 11.3 Å². The molecule has 4 nitrogen and oxygen atoms in total. The first-order valence-corrected chi connectivity index (χ1v) is 8.57. The smallest absolute Gasteiger partial charge is 0.257 e. The SMILES string of the molecule is CCCN1CCc2nc(NC(=O)c3ccccc3C)sc2C1. The van der Waals surface area contributed by atoms with Gasteiger partial charge in [0.15, 0.2) is 5.13 Å². The number of amides is 1. The molecule has 0 saturated carbocycles. The van der Waals surface area contributed by atoms with E-state index in [9.17, 15) is 4.79 Å². The number of carbonyl (C=O) groups excluding carboxylic acids is 1.